The third-order valence-electron chi connectivity index (χ3n) is 3.48. The fraction of sp³-hybridized carbons (Fsp3) is 0.571. The molecule has 1 aromatic rings. The summed E-state index contributed by atoms with van der Waals surface area (Å²) in [5.74, 6) is 0.829. The van der Waals surface area contributed by atoms with Gasteiger partial charge in [0.15, 0.2) is 0 Å². The van der Waals surface area contributed by atoms with Crippen LogP contribution in [0, 0.1) is 5.92 Å². The van der Waals surface area contributed by atoms with E-state index in [0.29, 0.717) is 12.1 Å². The van der Waals surface area contributed by atoms with Gasteiger partial charge >= 0.3 is 7.60 Å². The van der Waals surface area contributed by atoms with Gasteiger partial charge in [0.1, 0.15) is 0 Å². The molecular formula is C14H23N2O3P. The molecule has 2 rings (SSSR count). The predicted molar refractivity (Wildman–Crippen MR) is 79.2 cm³/mol. The quantitative estimate of drug-likeness (QED) is 0.634. The van der Waals surface area contributed by atoms with Crippen molar-refractivity contribution in [3.05, 3.63) is 35.4 Å². The minimum atomic E-state index is -3.98. The normalized spacial score (nSPS) is 15.8. The van der Waals surface area contributed by atoms with Crippen LogP contribution in [0.15, 0.2) is 24.3 Å². The topological polar surface area (TPSA) is 86.8 Å². The Kier molecular flexibility index (Phi) is 5.35. The van der Waals surface area contributed by atoms with Crippen molar-refractivity contribution in [2.45, 2.75) is 25.5 Å². The fourth-order valence-electron chi connectivity index (χ4n) is 2.33. The molecule has 0 atom stereocenters. The van der Waals surface area contributed by atoms with Gasteiger partial charge in [-0.2, -0.15) is 0 Å². The molecule has 0 unspecified atom stereocenters. The van der Waals surface area contributed by atoms with Crippen molar-refractivity contribution in [1.82, 2.24) is 4.90 Å². The number of hydrogen-bond acceptors (Lipinski definition) is 3. The minimum Gasteiger partial charge on any atom is -0.329 e. The van der Waals surface area contributed by atoms with Gasteiger partial charge in [-0.15, -0.1) is 0 Å². The van der Waals surface area contributed by atoms with Crippen molar-refractivity contribution in [2.24, 2.45) is 11.7 Å². The molecule has 0 saturated heterocycles. The van der Waals surface area contributed by atoms with Gasteiger partial charge in [0, 0.05) is 26.2 Å². The van der Waals surface area contributed by atoms with E-state index in [1.807, 2.05) is 12.1 Å². The van der Waals surface area contributed by atoms with E-state index >= 15 is 0 Å². The third kappa shape index (κ3) is 5.73. The Bertz CT molecular complexity index is 468. The zero-order valence-electron chi connectivity index (χ0n) is 11.6. The molecule has 1 aliphatic carbocycles. The Balaban J connectivity index is 1.92. The summed E-state index contributed by atoms with van der Waals surface area (Å²) in [4.78, 5) is 20.3. The van der Waals surface area contributed by atoms with Crippen molar-refractivity contribution in [3.63, 3.8) is 0 Å². The van der Waals surface area contributed by atoms with Gasteiger partial charge in [-0.3, -0.25) is 9.46 Å². The number of rotatable bonds is 8. The average Bonchev–Trinajstić information content (AvgIpc) is 3.14. The number of nitrogens with two attached hydrogens (primary N) is 1. The van der Waals surface area contributed by atoms with Crippen LogP contribution in [0.5, 0.6) is 0 Å². The van der Waals surface area contributed by atoms with Gasteiger partial charge in [-0.1, -0.05) is 24.3 Å². The van der Waals surface area contributed by atoms with Gasteiger partial charge in [0.25, 0.3) is 0 Å². The highest BCUT2D eigenvalue weighted by Crippen LogP contribution is 2.39. The monoisotopic (exact) mass is 298 g/mol. The van der Waals surface area contributed by atoms with Gasteiger partial charge in [-0.05, 0) is 29.9 Å². The highest BCUT2D eigenvalue weighted by molar-refractivity contribution is 7.50. The summed E-state index contributed by atoms with van der Waals surface area (Å²) in [5, 5.41) is 0. The van der Waals surface area contributed by atoms with Crippen LogP contribution in [0.1, 0.15) is 24.0 Å². The molecule has 5 nitrogen and oxygen atoms in total. The third-order valence-corrected chi connectivity index (χ3v) is 4.25. The Hall–Kier alpha value is -0.710. The Morgan fingerprint density at radius 3 is 2.30 bits per heavy atom. The first-order valence-electron chi connectivity index (χ1n) is 7.01. The largest absolute Gasteiger partial charge is 0.329 e. The highest BCUT2D eigenvalue weighted by Gasteiger charge is 2.24. The molecule has 0 spiro atoms. The smallest absolute Gasteiger partial charge is 0.329 e. The minimum absolute atomic E-state index is 0.193. The summed E-state index contributed by atoms with van der Waals surface area (Å²) in [6, 6.07) is 7.49. The zero-order chi connectivity index (χ0) is 14.6. The van der Waals surface area contributed by atoms with E-state index in [2.05, 4.69) is 4.90 Å². The lowest BCUT2D eigenvalue weighted by Gasteiger charge is -2.21. The van der Waals surface area contributed by atoms with Crippen molar-refractivity contribution in [2.75, 3.05) is 19.6 Å². The van der Waals surface area contributed by atoms with E-state index in [-0.39, 0.29) is 6.16 Å². The predicted octanol–water partition coefficient (Wildman–Crippen LogP) is 1.53. The van der Waals surface area contributed by atoms with E-state index in [0.717, 1.165) is 31.1 Å². The van der Waals surface area contributed by atoms with Crippen LogP contribution in [-0.4, -0.2) is 34.3 Å². The lowest BCUT2D eigenvalue weighted by atomic mass is 10.1. The molecule has 4 N–H and O–H groups in total. The Morgan fingerprint density at radius 1 is 1.20 bits per heavy atom. The van der Waals surface area contributed by atoms with Crippen molar-refractivity contribution < 1.29 is 14.4 Å². The maximum Gasteiger partial charge on any atom is 0.329 e. The molecule has 0 aromatic heterocycles. The first-order chi connectivity index (χ1) is 9.46. The van der Waals surface area contributed by atoms with Crippen LogP contribution in [0.4, 0.5) is 0 Å². The average molecular weight is 298 g/mol. The van der Waals surface area contributed by atoms with Crippen molar-refractivity contribution in [3.8, 4) is 0 Å². The number of nitrogens with zero attached hydrogens (tertiary/aromatic N) is 1. The molecule has 1 saturated carbocycles. The standard InChI is InChI=1S/C14H23N2O3P/c15-7-8-16(9-12-1-2-12)10-13-3-5-14(6-4-13)11-20(17,18)19/h3-6,12H,1-2,7-11,15H2,(H2,17,18,19). The molecule has 112 valence electrons. The van der Waals surface area contributed by atoms with Crippen LogP contribution in [0.25, 0.3) is 0 Å². The van der Waals surface area contributed by atoms with Crippen LogP contribution < -0.4 is 5.73 Å². The lowest BCUT2D eigenvalue weighted by Crippen LogP contribution is -2.30. The van der Waals surface area contributed by atoms with Crippen molar-refractivity contribution in [1.29, 1.82) is 0 Å². The molecule has 0 radical (unpaired) electrons. The van der Waals surface area contributed by atoms with E-state index in [4.69, 9.17) is 15.5 Å². The molecular weight excluding hydrogens is 275 g/mol. The summed E-state index contributed by atoms with van der Waals surface area (Å²) in [6.07, 6.45) is 2.45. The lowest BCUT2D eigenvalue weighted by molar-refractivity contribution is 0.262. The van der Waals surface area contributed by atoms with E-state index in [9.17, 15) is 4.57 Å². The van der Waals surface area contributed by atoms with Crippen molar-refractivity contribution >= 4 is 7.60 Å². The van der Waals surface area contributed by atoms with Crippen LogP contribution in [0.3, 0.4) is 0 Å². The summed E-state index contributed by atoms with van der Waals surface area (Å²) >= 11 is 0. The molecule has 0 amide bonds. The molecule has 1 aromatic carbocycles. The van der Waals surface area contributed by atoms with Crippen LogP contribution in [0.2, 0.25) is 0 Å². The second-order valence-corrected chi connectivity index (χ2v) is 7.25. The summed E-state index contributed by atoms with van der Waals surface area (Å²) in [7, 11) is -3.98. The molecule has 1 aliphatic rings. The molecule has 20 heavy (non-hydrogen) atoms. The van der Waals surface area contributed by atoms with Crippen LogP contribution >= 0.6 is 7.60 Å². The SMILES string of the molecule is NCCN(Cc1ccc(CP(=O)(O)O)cc1)CC1CC1. The first kappa shape index (κ1) is 15.7. The number of hydrogen-bond donors (Lipinski definition) is 3. The van der Waals surface area contributed by atoms with E-state index < -0.39 is 7.60 Å². The zero-order valence-corrected chi connectivity index (χ0v) is 12.5. The van der Waals surface area contributed by atoms with E-state index in [1.165, 1.54) is 12.8 Å². The molecule has 0 heterocycles. The van der Waals surface area contributed by atoms with Gasteiger partial charge in [0.2, 0.25) is 0 Å². The van der Waals surface area contributed by atoms with Gasteiger partial charge in [-0.25, -0.2) is 0 Å². The summed E-state index contributed by atoms with van der Waals surface area (Å²) in [6.45, 7) is 3.50. The maximum atomic E-state index is 10.9. The molecule has 0 aliphatic heterocycles. The maximum absolute atomic E-state index is 10.9. The summed E-state index contributed by atoms with van der Waals surface area (Å²) in [5.41, 5.74) is 7.48. The molecule has 0 bridgehead atoms. The first-order valence-corrected chi connectivity index (χ1v) is 8.81. The summed E-state index contributed by atoms with van der Waals surface area (Å²) < 4.78 is 10.9. The molecule has 1 fully saturated rings. The second kappa shape index (κ2) is 6.83. The Labute approximate surface area is 119 Å². The molecule has 6 heteroatoms. The van der Waals surface area contributed by atoms with Gasteiger partial charge < -0.3 is 15.5 Å². The van der Waals surface area contributed by atoms with E-state index in [1.54, 1.807) is 12.1 Å². The highest BCUT2D eigenvalue weighted by atomic mass is 31.2. The second-order valence-electron chi connectivity index (χ2n) is 5.61. The van der Waals surface area contributed by atoms with Crippen LogP contribution in [-0.2, 0) is 17.3 Å². The number of benzene rings is 1. The van der Waals surface area contributed by atoms with Gasteiger partial charge in [0.05, 0.1) is 6.16 Å². The fourth-order valence-corrected chi connectivity index (χ4v) is 3.02. The Morgan fingerprint density at radius 2 is 1.80 bits per heavy atom.